The maximum atomic E-state index is 3.49. The zero-order valence-corrected chi connectivity index (χ0v) is 13.6. The van der Waals surface area contributed by atoms with Gasteiger partial charge in [0.2, 0.25) is 0 Å². The Morgan fingerprint density at radius 1 is 1.30 bits per heavy atom. The number of rotatable bonds is 5. The summed E-state index contributed by atoms with van der Waals surface area (Å²) in [7, 11) is 0. The summed E-state index contributed by atoms with van der Waals surface area (Å²) in [5, 5.41) is 3.49. The molecule has 0 aromatic heterocycles. The molecule has 0 aliphatic carbocycles. The van der Waals surface area contributed by atoms with E-state index in [4.69, 9.17) is 0 Å². The molecular formula is C18H30N2. The van der Waals surface area contributed by atoms with Gasteiger partial charge in [-0.25, -0.2) is 0 Å². The third-order valence-electron chi connectivity index (χ3n) is 4.33. The lowest BCUT2D eigenvalue weighted by molar-refractivity contribution is 0.293. The van der Waals surface area contributed by atoms with Crippen molar-refractivity contribution in [3.8, 4) is 0 Å². The van der Waals surface area contributed by atoms with Crippen molar-refractivity contribution < 1.29 is 0 Å². The van der Waals surface area contributed by atoms with E-state index >= 15 is 0 Å². The van der Waals surface area contributed by atoms with Crippen LogP contribution in [0.1, 0.15) is 51.2 Å². The minimum Gasteiger partial charge on any atom is -0.371 e. The van der Waals surface area contributed by atoms with Crippen LogP contribution in [0.2, 0.25) is 0 Å². The first-order valence-electron chi connectivity index (χ1n) is 8.07. The van der Waals surface area contributed by atoms with Crippen molar-refractivity contribution in [3.63, 3.8) is 0 Å². The Morgan fingerprint density at radius 3 is 2.75 bits per heavy atom. The summed E-state index contributed by atoms with van der Waals surface area (Å²) in [5.41, 5.74) is 4.69. The van der Waals surface area contributed by atoms with Crippen LogP contribution in [0.3, 0.4) is 0 Å². The third-order valence-corrected chi connectivity index (χ3v) is 4.33. The van der Waals surface area contributed by atoms with Crippen molar-refractivity contribution in [2.24, 2.45) is 5.41 Å². The number of benzene rings is 1. The van der Waals surface area contributed by atoms with Crippen molar-refractivity contribution in [1.82, 2.24) is 5.32 Å². The lowest BCUT2D eigenvalue weighted by atomic mass is 9.84. The topological polar surface area (TPSA) is 15.3 Å². The summed E-state index contributed by atoms with van der Waals surface area (Å²) in [6, 6.07) is 6.97. The molecule has 20 heavy (non-hydrogen) atoms. The van der Waals surface area contributed by atoms with E-state index < -0.39 is 0 Å². The van der Waals surface area contributed by atoms with Crippen molar-refractivity contribution in [2.75, 3.05) is 24.5 Å². The first kappa shape index (κ1) is 15.4. The summed E-state index contributed by atoms with van der Waals surface area (Å²) < 4.78 is 0. The summed E-state index contributed by atoms with van der Waals surface area (Å²) in [6.45, 7) is 13.7. The Kier molecular flexibility index (Phi) is 5.09. The Hall–Kier alpha value is -1.02. The van der Waals surface area contributed by atoms with Gasteiger partial charge in [-0.1, -0.05) is 26.8 Å². The Morgan fingerprint density at radius 2 is 2.10 bits per heavy atom. The molecule has 2 rings (SSSR count). The molecule has 1 aromatic rings. The lowest BCUT2D eigenvalue weighted by Crippen LogP contribution is -2.40. The molecule has 0 radical (unpaired) electrons. The number of anilines is 1. The molecular weight excluding hydrogens is 244 g/mol. The van der Waals surface area contributed by atoms with Crippen LogP contribution in [-0.2, 0) is 6.54 Å². The largest absolute Gasteiger partial charge is 0.371 e. The molecule has 2 heteroatoms. The van der Waals surface area contributed by atoms with Crippen LogP contribution in [0, 0.1) is 12.3 Å². The molecule has 1 saturated heterocycles. The average Bonchev–Trinajstić information content (AvgIpc) is 2.39. The van der Waals surface area contributed by atoms with E-state index in [0.29, 0.717) is 5.41 Å². The van der Waals surface area contributed by atoms with E-state index in [1.165, 1.54) is 49.2 Å². The first-order chi connectivity index (χ1) is 9.52. The minimum atomic E-state index is 0.452. The van der Waals surface area contributed by atoms with Crippen LogP contribution in [0.5, 0.6) is 0 Å². The molecule has 0 saturated carbocycles. The molecule has 0 atom stereocenters. The van der Waals surface area contributed by atoms with Crippen molar-refractivity contribution in [3.05, 3.63) is 29.3 Å². The molecule has 1 fully saturated rings. The lowest BCUT2D eigenvalue weighted by Gasteiger charge is -2.39. The molecule has 1 aromatic carbocycles. The predicted molar refractivity (Wildman–Crippen MR) is 88.4 cm³/mol. The van der Waals surface area contributed by atoms with E-state index in [-0.39, 0.29) is 0 Å². The molecule has 0 bridgehead atoms. The molecule has 0 spiro atoms. The maximum Gasteiger partial charge on any atom is 0.0369 e. The van der Waals surface area contributed by atoms with E-state index in [1.54, 1.807) is 0 Å². The van der Waals surface area contributed by atoms with Crippen molar-refractivity contribution in [2.45, 2.75) is 53.5 Å². The van der Waals surface area contributed by atoms with E-state index in [1.807, 2.05) is 0 Å². The van der Waals surface area contributed by atoms with Gasteiger partial charge in [0.15, 0.2) is 0 Å². The first-order valence-corrected chi connectivity index (χ1v) is 8.07. The standard InChI is InChI=1S/C18H30N2/c1-5-10-19-13-16-7-8-17(12-15(16)2)20-11-6-9-18(3,4)14-20/h7-8,12,19H,5-6,9-11,13-14H2,1-4H3. The minimum absolute atomic E-state index is 0.452. The second kappa shape index (κ2) is 6.62. The zero-order valence-electron chi connectivity index (χ0n) is 13.6. The number of piperidine rings is 1. The van der Waals surface area contributed by atoms with Gasteiger partial charge < -0.3 is 10.2 Å². The van der Waals surface area contributed by atoms with Gasteiger partial charge in [-0.3, -0.25) is 0 Å². The van der Waals surface area contributed by atoms with Gasteiger partial charge in [-0.05, 0) is 61.4 Å². The maximum absolute atomic E-state index is 3.49. The van der Waals surface area contributed by atoms with Gasteiger partial charge in [-0.15, -0.1) is 0 Å². The molecule has 1 aliphatic rings. The average molecular weight is 274 g/mol. The Balaban J connectivity index is 2.04. The normalized spacial score (nSPS) is 18.3. The van der Waals surface area contributed by atoms with Crippen LogP contribution in [-0.4, -0.2) is 19.6 Å². The number of aryl methyl sites for hydroxylation is 1. The van der Waals surface area contributed by atoms with Gasteiger partial charge >= 0.3 is 0 Å². The van der Waals surface area contributed by atoms with Gasteiger partial charge in [0, 0.05) is 25.3 Å². The highest BCUT2D eigenvalue weighted by atomic mass is 15.1. The summed E-state index contributed by atoms with van der Waals surface area (Å²) in [4.78, 5) is 2.56. The van der Waals surface area contributed by atoms with Crippen molar-refractivity contribution in [1.29, 1.82) is 0 Å². The van der Waals surface area contributed by atoms with E-state index in [9.17, 15) is 0 Å². The van der Waals surface area contributed by atoms with Crippen LogP contribution in [0.4, 0.5) is 5.69 Å². The predicted octanol–water partition coefficient (Wildman–Crippen LogP) is 4.12. The van der Waals surface area contributed by atoms with Gasteiger partial charge in [0.05, 0.1) is 0 Å². The highest BCUT2D eigenvalue weighted by Crippen LogP contribution is 2.32. The SMILES string of the molecule is CCCNCc1ccc(N2CCCC(C)(C)C2)cc1C. The molecule has 0 amide bonds. The highest BCUT2D eigenvalue weighted by Gasteiger charge is 2.26. The third kappa shape index (κ3) is 3.99. The fraction of sp³-hybridized carbons (Fsp3) is 0.667. The summed E-state index contributed by atoms with van der Waals surface area (Å²) >= 11 is 0. The summed E-state index contributed by atoms with van der Waals surface area (Å²) in [6.07, 6.45) is 3.85. The van der Waals surface area contributed by atoms with Crippen LogP contribution >= 0.6 is 0 Å². The fourth-order valence-electron chi connectivity index (χ4n) is 3.12. The van der Waals surface area contributed by atoms with E-state index in [2.05, 4.69) is 56.1 Å². The monoisotopic (exact) mass is 274 g/mol. The number of hydrogen-bond donors (Lipinski definition) is 1. The second-order valence-corrected chi connectivity index (χ2v) is 6.98. The fourth-order valence-corrected chi connectivity index (χ4v) is 3.12. The van der Waals surface area contributed by atoms with Gasteiger partial charge in [0.25, 0.3) is 0 Å². The Bertz CT molecular complexity index is 437. The van der Waals surface area contributed by atoms with Crippen molar-refractivity contribution >= 4 is 5.69 Å². The van der Waals surface area contributed by atoms with E-state index in [0.717, 1.165) is 13.1 Å². The van der Waals surface area contributed by atoms with Crippen LogP contribution in [0.15, 0.2) is 18.2 Å². The molecule has 1 heterocycles. The van der Waals surface area contributed by atoms with Crippen LogP contribution < -0.4 is 10.2 Å². The molecule has 2 nitrogen and oxygen atoms in total. The quantitative estimate of drug-likeness (QED) is 0.813. The smallest absolute Gasteiger partial charge is 0.0369 e. The number of nitrogens with one attached hydrogen (secondary N) is 1. The Labute approximate surface area is 124 Å². The molecule has 1 aliphatic heterocycles. The van der Waals surface area contributed by atoms with Gasteiger partial charge in [0.1, 0.15) is 0 Å². The molecule has 1 N–H and O–H groups in total. The van der Waals surface area contributed by atoms with Crippen LogP contribution in [0.25, 0.3) is 0 Å². The second-order valence-electron chi connectivity index (χ2n) is 6.98. The summed E-state index contributed by atoms with van der Waals surface area (Å²) in [5.74, 6) is 0. The molecule has 0 unspecified atom stereocenters. The molecule has 112 valence electrons. The highest BCUT2D eigenvalue weighted by molar-refractivity contribution is 5.51. The number of nitrogens with zero attached hydrogens (tertiary/aromatic N) is 1. The zero-order chi connectivity index (χ0) is 14.6. The number of hydrogen-bond acceptors (Lipinski definition) is 2. The van der Waals surface area contributed by atoms with Gasteiger partial charge in [-0.2, -0.15) is 0 Å².